The van der Waals surface area contributed by atoms with Crippen LogP contribution in [0.3, 0.4) is 0 Å². The summed E-state index contributed by atoms with van der Waals surface area (Å²) in [5, 5.41) is 0.518. The summed E-state index contributed by atoms with van der Waals surface area (Å²) in [5.41, 5.74) is 0.787. The molecule has 0 bridgehead atoms. The van der Waals surface area contributed by atoms with Crippen LogP contribution in [0.4, 0.5) is 0 Å². The number of halogens is 1. The highest BCUT2D eigenvalue weighted by Gasteiger charge is 2.06. The van der Waals surface area contributed by atoms with E-state index < -0.39 is 0 Å². The van der Waals surface area contributed by atoms with Crippen molar-refractivity contribution in [3.63, 3.8) is 0 Å². The van der Waals surface area contributed by atoms with Crippen molar-refractivity contribution in [3.05, 3.63) is 29.0 Å². The molecule has 62 valence electrons. The van der Waals surface area contributed by atoms with Gasteiger partial charge in [-0.25, -0.2) is 4.79 Å². The van der Waals surface area contributed by atoms with Crippen LogP contribution in [0, 0.1) is 0 Å². The van der Waals surface area contributed by atoms with Crippen LogP contribution in [0.25, 0.3) is 0 Å². The van der Waals surface area contributed by atoms with E-state index in [1.165, 1.54) is 12.3 Å². The molecule has 0 saturated heterocycles. The number of hydrogen-bond acceptors (Lipinski definition) is 3. The number of isocyanates is 1. The van der Waals surface area contributed by atoms with Crippen molar-refractivity contribution in [2.45, 2.75) is 13.0 Å². The number of nitrogens with zero attached hydrogens (tertiary/aromatic N) is 2. The molecular weight excluding hydrogens is 176 g/mol. The molecule has 0 aliphatic carbocycles. The summed E-state index contributed by atoms with van der Waals surface area (Å²) in [5.74, 6) is 0. The van der Waals surface area contributed by atoms with Gasteiger partial charge in [-0.1, -0.05) is 11.6 Å². The van der Waals surface area contributed by atoms with Crippen molar-refractivity contribution in [1.29, 1.82) is 0 Å². The topological polar surface area (TPSA) is 42.3 Å². The van der Waals surface area contributed by atoms with Crippen molar-refractivity contribution >= 4 is 17.7 Å². The van der Waals surface area contributed by atoms with Gasteiger partial charge in [0.15, 0.2) is 0 Å². The van der Waals surface area contributed by atoms with E-state index in [9.17, 15) is 4.79 Å². The van der Waals surface area contributed by atoms with Gasteiger partial charge in [-0.15, -0.1) is 0 Å². The second-order valence-electron chi connectivity index (χ2n) is 2.29. The maximum absolute atomic E-state index is 9.95. The number of pyridine rings is 1. The van der Waals surface area contributed by atoms with Gasteiger partial charge in [0.05, 0.1) is 11.1 Å². The standard InChI is InChI=1S/C8H7ClN2O/c1-6(11-5-12)7-2-3-10-4-8(7)9/h2-4,6H,1H3. The lowest BCUT2D eigenvalue weighted by atomic mass is 10.1. The lowest BCUT2D eigenvalue weighted by Crippen LogP contribution is -1.90. The third-order valence-corrected chi connectivity index (χ3v) is 1.82. The van der Waals surface area contributed by atoms with Gasteiger partial charge in [-0.2, -0.15) is 4.99 Å². The second kappa shape index (κ2) is 4.00. The van der Waals surface area contributed by atoms with E-state index in [1.807, 2.05) is 0 Å². The third-order valence-electron chi connectivity index (χ3n) is 1.50. The number of rotatable bonds is 2. The lowest BCUT2D eigenvalue weighted by molar-refractivity contribution is 0.559. The van der Waals surface area contributed by atoms with E-state index in [-0.39, 0.29) is 6.04 Å². The van der Waals surface area contributed by atoms with Crippen LogP contribution in [0.5, 0.6) is 0 Å². The highest BCUT2D eigenvalue weighted by atomic mass is 35.5. The number of carbonyl (C=O) groups excluding carboxylic acids is 1. The maximum atomic E-state index is 9.95. The van der Waals surface area contributed by atoms with Crippen molar-refractivity contribution in [3.8, 4) is 0 Å². The zero-order chi connectivity index (χ0) is 8.97. The SMILES string of the molecule is CC(N=C=O)c1ccncc1Cl. The quantitative estimate of drug-likeness (QED) is 0.520. The molecule has 0 N–H and O–H groups in total. The molecule has 0 amide bonds. The van der Waals surface area contributed by atoms with Crippen LogP contribution < -0.4 is 0 Å². The van der Waals surface area contributed by atoms with Crippen molar-refractivity contribution < 1.29 is 4.79 Å². The molecule has 0 aliphatic heterocycles. The predicted octanol–water partition coefficient (Wildman–Crippen LogP) is 2.13. The lowest BCUT2D eigenvalue weighted by Gasteiger charge is -2.04. The maximum Gasteiger partial charge on any atom is 0.235 e. The Morgan fingerprint density at radius 3 is 3.08 bits per heavy atom. The molecule has 0 fully saturated rings. The number of aromatic nitrogens is 1. The monoisotopic (exact) mass is 182 g/mol. The first kappa shape index (κ1) is 8.91. The number of hydrogen-bond donors (Lipinski definition) is 0. The minimum atomic E-state index is -0.252. The van der Waals surface area contributed by atoms with E-state index in [1.54, 1.807) is 19.2 Å². The van der Waals surface area contributed by atoms with Crippen molar-refractivity contribution in [2.75, 3.05) is 0 Å². The minimum Gasteiger partial charge on any atom is -0.263 e. The van der Waals surface area contributed by atoms with Gasteiger partial charge < -0.3 is 0 Å². The summed E-state index contributed by atoms with van der Waals surface area (Å²) in [6, 6.07) is 1.48. The largest absolute Gasteiger partial charge is 0.263 e. The van der Waals surface area contributed by atoms with E-state index >= 15 is 0 Å². The van der Waals surface area contributed by atoms with Crippen LogP contribution in [-0.4, -0.2) is 11.1 Å². The van der Waals surface area contributed by atoms with E-state index in [0.29, 0.717) is 5.02 Å². The smallest absolute Gasteiger partial charge is 0.235 e. The van der Waals surface area contributed by atoms with Gasteiger partial charge in [0.2, 0.25) is 6.08 Å². The highest BCUT2D eigenvalue weighted by Crippen LogP contribution is 2.23. The highest BCUT2D eigenvalue weighted by molar-refractivity contribution is 6.31. The van der Waals surface area contributed by atoms with Gasteiger partial charge in [0.25, 0.3) is 0 Å². The Balaban J connectivity index is 3.02. The molecule has 1 rings (SSSR count). The van der Waals surface area contributed by atoms with Crippen LogP contribution in [0.15, 0.2) is 23.5 Å². The summed E-state index contributed by atoms with van der Waals surface area (Å²) < 4.78 is 0. The molecule has 1 aromatic heterocycles. The van der Waals surface area contributed by atoms with Crippen LogP contribution in [0.2, 0.25) is 5.02 Å². The average molecular weight is 183 g/mol. The Morgan fingerprint density at radius 2 is 2.50 bits per heavy atom. The summed E-state index contributed by atoms with van der Waals surface area (Å²) in [4.78, 5) is 17.3. The van der Waals surface area contributed by atoms with Gasteiger partial charge >= 0.3 is 0 Å². The molecule has 12 heavy (non-hydrogen) atoms. The van der Waals surface area contributed by atoms with Gasteiger partial charge in [0, 0.05) is 12.4 Å². The first-order valence-corrected chi connectivity index (χ1v) is 3.80. The molecule has 3 nitrogen and oxygen atoms in total. The summed E-state index contributed by atoms with van der Waals surface area (Å²) in [7, 11) is 0. The molecule has 4 heteroatoms. The molecule has 1 aromatic rings. The Morgan fingerprint density at radius 1 is 1.75 bits per heavy atom. The Hall–Kier alpha value is -1.18. The molecule has 1 heterocycles. The van der Waals surface area contributed by atoms with Crippen molar-refractivity contribution in [2.24, 2.45) is 4.99 Å². The molecule has 0 spiro atoms. The van der Waals surface area contributed by atoms with Crippen LogP contribution in [0.1, 0.15) is 18.5 Å². The summed E-state index contributed by atoms with van der Waals surface area (Å²) in [6.07, 6.45) is 4.62. The summed E-state index contributed by atoms with van der Waals surface area (Å²) >= 11 is 5.80. The molecule has 1 atom stereocenters. The Bertz CT molecular complexity index is 321. The van der Waals surface area contributed by atoms with Crippen LogP contribution in [-0.2, 0) is 4.79 Å². The molecule has 0 radical (unpaired) electrons. The fourth-order valence-electron chi connectivity index (χ4n) is 0.873. The Labute approximate surface area is 75.1 Å². The normalized spacial score (nSPS) is 11.8. The molecule has 0 aromatic carbocycles. The van der Waals surface area contributed by atoms with Gasteiger partial charge in [0.1, 0.15) is 0 Å². The predicted molar refractivity (Wildman–Crippen MR) is 45.8 cm³/mol. The van der Waals surface area contributed by atoms with Gasteiger partial charge in [-0.05, 0) is 18.6 Å². The molecule has 0 saturated carbocycles. The molecule has 1 unspecified atom stereocenters. The first-order valence-electron chi connectivity index (χ1n) is 3.42. The third kappa shape index (κ3) is 1.91. The van der Waals surface area contributed by atoms with Crippen LogP contribution >= 0.6 is 11.6 Å². The summed E-state index contributed by atoms with van der Waals surface area (Å²) in [6.45, 7) is 1.77. The fraction of sp³-hybridized carbons (Fsp3) is 0.250. The van der Waals surface area contributed by atoms with E-state index in [0.717, 1.165) is 5.56 Å². The second-order valence-corrected chi connectivity index (χ2v) is 2.70. The number of aliphatic imine (C=N–C) groups is 1. The van der Waals surface area contributed by atoms with E-state index in [4.69, 9.17) is 11.6 Å². The Kier molecular flexibility index (Phi) is 2.97. The zero-order valence-electron chi connectivity index (χ0n) is 6.49. The fourth-order valence-corrected chi connectivity index (χ4v) is 1.15. The minimum absolute atomic E-state index is 0.252. The van der Waals surface area contributed by atoms with Gasteiger partial charge in [-0.3, -0.25) is 4.98 Å². The molecule has 0 aliphatic rings. The average Bonchev–Trinajstić information content (AvgIpc) is 2.05. The zero-order valence-corrected chi connectivity index (χ0v) is 7.25. The van der Waals surface area contributed by atoms with E-state index in [2.05, 4.69) is 9.98 Å². The first-order chi connectivity index (χ1) is 5.75. The molecular formula is C8H7ClN2O. The van der Waals surface area contributed by atoms with Crippen molar-refractivity contribution in [1.82, 2.24) is 4.98 Å².